The smallest absolute Gasteiger partial charge is 0.109 e. The second kappa shape index (κ2) is 6.95. The third-order valence-corrected chi connectivity index (χ3v) is 6.40. The molecule has 0 unspecified atom stereocenters. The number of rotatable bonds is 2. The summed E-state index contributed by atoms with van der Waals surface area (Å²) in [5.41, 5.74) is 1.22. The van der Waals surface area contributed by atoms with E-state index in [1.54, 1.807) is 0 Å². The van der Waals surface area contributed by atoms with Gasteiger partial charge in [0.15, 0.2) is 0 Å². The third kappa shape index (κ3) is 3.61. The first-order chi connectivity index (χ1) is 12.1. The number of nitrogens with zero attached hydrogens (tertiary/aromatic N) is 2. The Kier molecular flexibility index (Phi) is 4.84. The van der Waals surface area contributed by atoms with E-state index in [2.05, 4.69) is 9.88 Å². The molecular formula is C20H30N2O3. The minimum atomic E-state index is -0.772. The van der Waals surface area contributed by atoms with E-state index in [9.17, 15) is 5.11 Å². The van der Waals surface area contributed by atoms with Gasteiger partial charge in [-0.1, -0.05) is 6.07 Å². The molecule has 0 amide bonds. The Balaban J connectivity index is 1.39. The predicted molar refractivity (Wildman–Crippen MR) is 95.4 cm³/mol. The van der Waals surface area contributed by atoms with Crippen molar-refractivity contribution in [3.63, 3.8) is 0 Å². The molecule has 1 aromatic rings. The van der Waals surface area contributed by atoms with Gasteiger partial charge < -0.3 is 14.6 Å². The van der Waals surface area contributed by atoms with E-state index in [0.717, 1.165) is 82.7 Å². The maximum atomic E-state index is 11.1. The van der Waals surface area contributed by atoms with Crippen LogP contribution >= 0.6 is 0 Å². The molecule has 1 spiro atoms. The molecule has 3 fully saturated rings. The van der Waals surface area contributed by atoms with Gasteiger partial charge in [-0.15, -0.1) is 0 Å². The molecule has 0 saturated carbocycles. The fourth-order valence-corrected chi connectivity index (χ4v) is 4.66. The second-order valence-corrected chi connectivity index (χ2v) is 8.08. The Morgan fingerprint density at radius 2 is 1.88 bits per heavy atom. The molecule has 3 saturated heterocycles. The summed E-state index contributed by atoms with van der Waals surface area (Å²) >= 11 is 0. The Morgan fingerprint density at radius 3 is 2.56 bits per heavy atom. The number of aliphatic hydroxyl groups is 1. The van der Waals surface area contributed by atoms with Gasteiger partial charge in [0.25, 0.3) is 0 Å². The lowest BCUT2D eigenvalue weighted by atomic mass is 9.81. The lowest BCUT2D eigenvalue weighted by molar-refractivity contribution is -0.156. The SMILES string of the molecule is Cc1ccc(C2(O)CCN([C@H]3CCOC4(CCOCC4)C3)CC2)nc1. The maximum absolute atomic E-state index is 11.1. The van der Waals surface area contributed by atoms with Crippen molar-refractivity contribution in [3.05, 3.63) is 29.6 Å². The number of aryl methyl sites for hydroxylation is 1. The lowest BCUT2D eigenvalue weighted by Crippen LogP contribution is -2.54. The molecule has 3 aliphatic rings. The second-order valence-electron chi connectivity index (χ2n) is 8.08. The fraction of sp³-hybridized carbons (Fsp3) is 0.750. The van der Waals surface area contributed by atoms with Crippen molar-refractivity contribution in [2.24, 2.45) is 0 Å². The predicted octanol–water partition coefficient (Wildman–Crippen LogP) is 2.40. The molecule has 5 heteroatoms. The van der Waals surface area contributed by atoms with Crippen LogP contribution in [0.1, 0.15) is 49.8 Å². The summed E-state index contributed by atoms with van der Waals surface area (Å²) in [6.45, 7) is 6.40. The number of piperidine rings is 1. The van der Waals surface area contributed by atoms with E-state index in [1.165, 1.54) is 0 Å². The molecule has 5 nitrogen and oxygen atoms in total. The van der Waals surface area contributed by atoms with Gasteiger partial charge in [0, 0.05) is 45.1 Å². The molecule has 1 atom stereocenters. The third-order valence-electron chi connectivity index (χ3n) is 6.40. The highest BCUT2D eigenvalue weighted by Crippen LogP contribution is 2.39. The number of hydrogen-bond donors (Lipinski definition) is 1. The molecular weight excluding hydrogens is 316 g/mol. The van der Waals surface area contributed by atoms with E-state index in [0.29, 0.717) is 6.04 Å². The molecule has 0 radical (unpaired) electrons. The van der Waals surface area contributed by atoms with Crippen LogP contribution in [0.4, 0.5) is 0 Å². The molecule has 0 bridgehead atoms. The fourth-order valence-electron chi connectivity index (χ4n) is 4.66. The molecule has 1 aromatic heterocycles. The summed E-state index contributed by atoms with van der Waals surface area (Å²) in [6.07, 6.45) is 7.63. The lowest BCUT2D eigenvalue weighted by Gasteiger charge is -2.48. The van der Waals surface area contributed by atoms with Crippen molar-refractivity contribution >= 4 is 0 Å². The van der Waals surface area contributed by atoms with Crippen LogP contribution < -0.4 is 0 Å². The maximum Gasteiger partial charge on any atom is 0.109 e. The standard InChI is InChI=1S/C20H30N2O3/c1-16-2-3-18(21-15-16)20(23)5-9-22(10-6-20)17-4-11-25-19(14-17)7-12-24-13-8-19/h2-3,15,17,23H,4-14H2,1H3/t17-/m0/s1. The van der Waals surface area contributed by atoms with Crippen LogP contribution in [0.3, 0.4) is 0 Å². The van der Waals surface area contributed by atoms with Crippen LogP contribution in [0.25, 0.3) is 0 Å². The monoisotopic (exact) mass is 346 g/mol. The van der Waals surface area contributed by atoms with Gasteiger partial charge in [-0.3, -0.25) is 9.88 Å². The van der Waals surface area contributed by atoms with Crippen LogP contribution in [-0.4, -0.2) is 59.5 Å². The summed E-state index contributed by atoms with van der Waals surface area (Å²) in [6, 6.07) is 4.60. The molecule has 0 aromatic carbocycles. The minimum Gasteiger partial charge on any atom is -0.383 e. The largest absolute Gasteiger partial charge is 0.383 e. The summed E-state index contributed by atoms with van der Waals surface area (Å²) in [4.78, 5) is 7.05. The molecule has 0 aliphatic carbocycles. The van der Waals surface area contributed by atoms with Crippen LogP contribution in [-0.2, 0) is 15.1 Å². The van der Waals surface area contributed by atoms with Crippen molar-refractivity contribution < 1.29 is 14.6 Å². The van der Waals surface area contributed by atoms with E-state index in [1.807, 2.05) is 25.3 Å². The molecule has 1 N–H and O–H groups in total. The first-order valence-electron chi connectivity index (χ1n) is 9.70. The van der Waals surface area contributed by atoms with Crippen molar-refractivity contribution in [3.8, 4) is 0 Å². The van der Waals surface area contributed by atoms with Crippen molar-refractivity contribution in [2.75, 3.05) is 32.9 Å². The average molecular weight is 346 g/mol. The normalized spacial score (nSPS) is 29.6. The van der Waals surface area contributed by atoms with E-state index < -0.39 is 5.60 Å². The van der Waals surface area contributed by atoms with Gasteiger partial charge in [-0.25, -0.2) is 0 Å². The van der Waals surface area contributed by atoms with Crippen molar-refractivity contribution in [1.82, 2.24) is 9.88 Å². The van der Waals surface area contributed by atoms with Crippen molar-refractivity contribution in [1.29, 1.82) is 0 Å². The Morgan fingerprint density at radius 1 is 1.12 bits per heavy atom. The van der Waals surface area contributed by atoms with Gasteiger partial charge >= 0.3 is 0 Å². The van der Waals surface area contributed by atoms with Gasteiger partial charge in [0.1, 0.15) is 5.60 Å². The zero-order valence-corrected chi connectivity index (χ0v) is 15.2. The number of likely N-dealkylation sites (tertiary alicyclic amines) is 1. The summed E-state index contributed by atoms with van der Waals surface area (Å²) in [5.74, 6) is 0. The first-order valence-corrected chi connectivity index (χ1v) is 9.70. The van der Waals surface area contributed by atoms with Crippen LogP contribution in [0.2, 0.25) is 0 Å². The topological polar surface area (TPSA) is 54.8 Å². The van der Waals surface area contributed by atoms with E-state index in [4.69, 9.17) is 9.47 Å². The highest BCUT2D eigenvalue weighted by molar-refractivity contribution is 5.18. The van der Waals surface area contributed by atoms with Gasteiger partial charge in [0.05, 0.1) is 11.3 Å². The Hall–Kier alpha value is -1.01. The zero-order chi connectivity index (χ0) is 17.3. The summed E-state index contributed by atoms with van der Waals surface area (Å²) in [5, 5.41) is 11.1. The summed E-state index contributed by atoms with van der Waals surface area (Å²) in [7, 11) is 0. The zero-order valence-electron chi connectivity index (χ0n) is 15.2. The number of aromatic nitrogens is 1. The first kappa shape index (κ1) is 17.4. The average Bonchev–Trinajstić information content (AvgIpc) is 2.63. The van der Waals surface area contributed by atoms with Crippen LogP contribution in [0.15, 0.2) is 18.3 Å². The van der Waals surface area contributed by atoms with Gasteiger partial charge in [0.2, 0.25) is 0 Å². The molecule has 4 heterocycles. The minimum absolute atomic E-state index is 0.0351. The van der Waals surface area contributed by atoms with E-state index >= 15 is 0 Å². The number of hydrogen-bond acceptors (Lipinski definition) is 5. The molecule has 3 aliphatic heterocycles. The molecule has 4 rings (SSSR count). The van der Waals surface area contributed by atoms with Crippen LogP contribution in [0.5, 0.6) is 0 Å². The quantitative estimate of drug-likeness (QED) is 0.891. The Bertz CT molecular complexity index is 570. The van der Waals surface area contributed by atoms with Crippen molar-refractivity contribution in [2.45, 2.75) is 62.7 Å². The molecule has 138 valence electrons. The van der Waals surface area contributed by atoms with E-state index in [-0.39, 0.29) is 5.60 Å². The number of ether oxygens (including phenoxy) is 2. The van der Waals surface area contributed by atoms with Gasteiger partial charge in [-0.05, 0) is 57.1 Å². The highest BCUT2D eigenvalue weighted by Gasteiger charge is 2.43. The number of pyridine rings is 1. The summed E-state index contributed by atoms with van der Waals surface area (Å²) < 4.78 is 11.7. The molecule has 25 heavy (non-hydrogen) atoms. The highest BCUT2D eigenvalue weighted by atomic mass is 16.5. The Labute approximate surface area is 150 Å². The van der Waals surface area contributed by atoms with Crippen LogP contribution in [0, 0.1) is 6.92 Å². The van der Waals surface area contributed by atoms with Gasteiger partial charge in [-0.2, -0.15) is 0 Å².